The molecule has 0 saturated heterocycles. The highest BCUT2D eigenvalue weighted by Gasteiger charge is 2.40. The third kappa shape index (κ3) is 19.0. The van der Waals surface area contributed by atoms with Crippen LogP contribution in [0.15, 0.2) is 71.0 Å². The van der Waals surface area contributed by atoms with Crippen molar-refractivity contribution in [2.24, 2.45) is 10.3 Å². The van der Waals surface area contributed by atoms with Crippen LogP contribution in [0.4, 0.5) is 35.1 Å². The first-order valence-electron chi connectivity index (χ1n) is 23.3. The van der Waals surface area contributed by atoms with Crippen LogP contribution in [0.2, 0.25) is 20.1 Å². The largest absolute Gasteiger partial charge is 0.405 e. The maximum absolute atomic E-state index is 13.9. The molecule has 5 amide bonds. The summed E-state index contributed by atoms with van der Waals surface area (Å²) in [5.74, 6) is -6.00. The molecule has 6 rings (SSSR count). The minimum absolute atomic E-state index is 0.00154. The number of carbonyl (C=O) groups excluding carboxylic acids is 6. The number of halogens is 13. The van der Waals surface area contributed by atoms with Gasteiger partial charge in [-0.25, -0.2) is 8.78 Å². The minimum atomic E-state index is -4.66. The number of methoxy groups -OCH3 is 1. The van der Waals surface area contributed by atoms with Gasteiger partial charge in [0.15, 0.2) is 22.8 Å². The number of nitrogens with zero attached hydrogens (tertiary/aromatic N) is 3. The lowest BCUT2D eigenvalue weighted by Gasteiger charge is -2.23. The van der Waals surface area contributed by atoms with E-state index >= 15 is 0 Å². The number of ether oxygens (including phenoxy) is 2. The third-order valence-electron chi connectivity index (χ3n) is 11.4. The van der Waals surface area contributed by atoms with E-state index in [0.717, 1.165) is 0 Å². The first kappa shape index (κ1) is 66.4. The molecule has 0 aliphatic carbocycles. The van der Waals surface area contributed by atoms with E-state index in [9.17, 15) is 63.9 Å². The van der Waals surface area contributed by atoms with Crippen LogP contribution in [0.3, 0.4) is 0 Å². The Bertz CT molecular complexity index is 3010. The molecular weight excluding hydrogens is 1190 g/mol. The number of hydrogen-bond acceptors (Lipinski definition) is 12. The molecule has 4 aromatic carbocycles. The summed E-state index contributed by atoms with van der Waals surface area (Å²) < 4.78 is 111. The van der Waals surface area contributed by atoms with Crippen LogP contribution in [-0.2, 0) is 49.5 Å². The molecular formula is C51H49Cl5F8N6O10. The summed E-state index contributed by atoms with van der Waals surface area (Å²) in [7, 11) is 1.42. The van der Waals surface area contributed by atoms with E-state index < -0.39 is 103 Å². The van der Waals surface area contributed by atoms with Gasteiger partial charge in [-0.3, -0.25) is 33.7 Å². The smallest absolute Gasteiger partial charge is 0.384 e. The number of oxime groups is 2. The van der Waals surface area contributed by atoms with E-state index in [4.69, 9.17) is 72.4 Å². The Morgan fingerprint density at radius 1 is 0.662 bits per heavy atom. The average Bonchev–Trinajstić information content (AvgIpc) is 3.99. The molecule has 0 saturated carbocycles. The number of aryl methyl sites for hydroxylation is 2. The zero-order valence-electron chi connectivity index (χ0n) is 43.0. The molecule has 2 aliphatic rings. The van der Waals surface area contributed by atoms with Gasteiger partial charge in [0.05, 0.1) is 38.1 Å². The highest BCUT2D eigenvalue weighted by atomic mass is 35.5. The summed E-state index contributed by atoms with van der Waals surface area (Å²) >= 11 is 28.5. The van der Waals surface area contributed by atoms with E-state index in [2.05, 4.69) is 20.4 Å². The summed E-state index contributed by atoms with van der Waals surface area (Å²) in [6, 6.07) is 15.0. The van der Waals surface area contributed by atoms with Crippen molar-refractivity contribution in [3.8, 4) is 0 Å². The number of alkyl halides is 6. The highest BCUT2D eigenvalue weighted by molar-refractivity contribution is 6.63. The third-order valence-corrected chi connectivity index (χ3v) is 12.6. The van der Waals surface area contributed by atoms with Crippen molar-refractivity contribution in [3.63, 3.8) is 0 Å². The molecule has 29 heteroatoms. The van der Waals surface area contributed by atoms with E-state index in [1.165, 1.54) is 43.5 Å². The fraction of sp³-hybridized carbons (Fsp3) is 0.373. The highest BCUT2D eigenvalue weighted by Crippen LogP contribution is 2.41. The van der Waals surface area contributed by atoms with Gasteiger partial charge in [-0.2, -0.15) is 26.3 Å². The minimum Gasteiger partial charge on any atom is -0.384 e. The van der Waals surface area contributed by atoms with E-state index in [-0.39, 0.29) is 50.9 Å². The Morgan fingerprint density at radius 2 is 1.09 bits per heavy atom. The van der Waals surface area contributed by atoms with E-state index in [0.29, 0.717) is 56.1 Å². The molecule has 2 aliphatic heterocycles. The van der Waals surface area contributed by atoms with Crippen molar-refractivity contribution < 1.29 is 83.0 Å². The summed E-state index contributed by atoms with van der Waals surface area (Å²) in [5.41, 5.74) is 2.63. The van der Waals surface area contributed by atoms with Crippen LogP contribution in [0.25, 0.3) is 0 Å². The van der Waals surface area contributed by atoms with Gasteiger partial charge in [-0.15, -0.1) is 0 Å². The van der Waals surface area contributed by atoms with Gasteiger partial charge in [0, 0.05) is 48.8 Å². The summed E-state index contributed by atoms with van der Waals surface area (Å²) in [4.78, 5) is 83.3. The van der Waals surface area contributed by atoms with Crippen molar-refractivity contribution in [3.05, 3.63) is 137 Å². The van der Waals surface area contributed by atoms with Gasteiger partial charge >= 0.3 is 12.4 Å². The zero-order chi connectivity index (χ0) is 60.1. The SMILES string of the molecule is CCOCC(=O)N(CC(=O)NCC(F)(F)F)C(=O)c1ccc(C2=NOC(C)(c3cc(Cl)c(F)c(Cl)c3)C2)cc1C.COCC(=O)Cl.Cc1cc(C2=NOC(C)(c3cc(Cl)c(F)c(Cl)c3)C2)ccc1C(=O)NCC(=O)NCC(F)(F)F. The van der Waals surface area contributed by atoms with Crippen LogP contribution in [0.1, 0.15) is 87.7 Å². The van der Waals surface area contributed by atoms with Crippen LogP contribution >= 0.6 is 58.0 Å². The standard InChI is InChI=1S/C26H25Cl2F4N3O5.C22H19Cl2F4N3O3.C3H5ClO2/c1-4-39-12-22(37)35(11-21(36)33-13-26(30,31)32)24(38)17-6-5-15(7-14(17)2)20-10-25(3,40-34-20)16-8-18(27)23(29)19(28)9-16;1-11-5-12(3-4-14(11)20(33)29-9-18(32)30-10-22(26,27)28)17-8-21(2,34-31-17)13-6-15(23)19(25)16(24)7-13;1-6-2-3(4)5/h5-9H,4,10-13H2,1-3H3,(H,33,36);3-7H,8-10H2,1-2H3,(H,29,33)(H,30,32);2H2,1H3. The first-order chi connectivity index (χ1) is 37.2. The quantitative estimate of drug-likeness (QED) is 0.0518. The zero-order valence-corrected chi connectivity index (χ0v) is 46.8. The Labute approximate surface area is 477 Å². The lowest BCUT2D eigenvalue weighted by molar-refractivity contribution is -0.142. The topological polar surface area (TPSA) is 203 Å². The van der Waals surface area contributed by atoms with Crippen molar-refractivity contribution in [2.45, 2.75) is 71.0 Å². The molecule has 0 aromatic heterocycles. The summed E-state index contributed by atoms with van der Waals surface area (Å²) in [6.07, 6.45) is -8.64. The Morgan fingerprint density at radius 3 is 1.46 bits per heavy atom. The molecule has 0 bridgehead atoms. The summed E-state index contributed by atoms with van der Waals surface area (Å²) in [6.45, 7) is 3.31. The van der Waals surface area contributed by atoms with Gasteiger partial charge < -0.3 is 35.1 Å². The number of amides is 5. The monoisotopic (exact) mass is 1230 g/mol. The predicted molar refractivity (Wildman–Crippen MR) is 280 cm³/mol. The van der Waals surface area contributed by atoms with Crippen molar-refractivity contribution in [1.82, 2.24) is 20.9 Å². The fourth-order valence-corrected chi connectivity index (χ4v) is 8.40. The normalized spacial score (nSPS) is 16.5. The van der Waals surface area contributed by atoms with E-state index in [1.54, 1.807) is 69.5 Å². The second-order valence-electron chi connectivity index (χ2n) is 17.8. The van der Waals surface area contributed by atoms with Gasteiger partial charge in [0.2, 0.25) is 17.1 Å². The van der Waals surface area contributed by atoms with Gasteiger partial charge in [0.1, 0.15) is 32.8 Å². The van der Waals surface area contributed by atoms with E-state index in [1.807, 2.05) is 0 Å². The first-order valence-corrected chi connectivity index (χ1v) is 25.2. The number of imide groups is 1. The number of hydrogen-bond donors (Lipinski definition) is 3. The predicted octanol–water partition coefficient (Wildman–Crippen LogP) is 10.5. The molecule has 0 spiro atoms. The number of rotatable bonds is 17. The summed E-state index contributed by atoms with van der Waals surface area (Å²) in [5, 5.41) is 12.8. The van der Waals surface area contributed by atoms with Crippen molar-refractivity contribution in [2.75, 3.05) is 53.1 Å². The second kappa shape index (κ2) is 28.5. The van der Waals surface area contributed by atoms with Crippen LogP contribution in [0, 0.1) is 25.5 Å². The fourth-order valence-electron chi connectivity index (χ4n) is 7.32. The van der Waals surface area contributed by atoms with Crippen LogP contribution < -0.4 is 16.0 Å². The number of benzene rings is 4. The Balaban J connectivity index is 0.000000315. The Kier molecular flexibility index (Phi) is 23.7. The number of nitrogens with one attached hydrogen (secondary N) is 3. The molecule has 3 N–H and O–H groups in total. The lowest BCUT2D eigenvalue weighted by atomic mass is 9.88. The van der Waals surface area contributed by atoms with Crippen LogP contribution in [0.5, 0.6) is 0 Å². The van der Waals surface area contributed by atoms with Gasteiger partial charge in [-0.05, 0) is 117 Å². The maximum atomic E-state index is 13.9. The molecule has 16 nitrogen and oxygen atoms in total. The maximum Gasteiger partial charge on any atom is 0.405 e. The molecule has 2 heterocycles. The molecule has 4 aromatic rings. The Hall–Kier alpha value is -6.15. The van der Waals surface area contributed by atoms with Crippen molar-refractivity contribution >= 4 is 104 Å². The molecule has 0 radical (unpaired) electrons. The lowest BCUT2D eigenvalue weighted by Crippen LogP contribution is -2.47. The van der Waals surface area contributed by atoms with Crippen molar-refractivity contribution in [1.29, 1.82) is 0 Å². The molecule has 80 heavy (non-hydrogen) atoms. The van der Waals surface area contributed by atoms with Gasteiger partial charge in [0.25, 0.3) is 17.7 Å². The second-order valence-corrected chi connectivity index (χ2v) is 19.9. The number of carbonyl (C=O) groups is 6. The molecule has 0 fully saturated rings. The van der Waals surface area contributed by atoms with Gasteiger partial charge in [-0.1, -0.05) is 68.8 Å². The molecule has 2 unspecified atom stereocenters. The average molecular weight is 1240 g/mol. The van der Waals surface area contributed by atoms with Crippen LogP contribution in [-0.4, -0.2) is 117 Å². The molecule has 434 valence electrons. The molecule has 2 atom stereocenters.